The molecule has 1 atom stereocenters. The van der Waals surface area contributed by atoms with Gasteiger partial charge in [0.2, 0.25) is 5.91 Å². The number of hydrogen-bond donors (Lipinski definition) is 1. The number of hydrogen-bond acceptors (Lipinski definition) is 3. The van der Waals surface area contributed by atoms with Gasteiger partial charge < -0.3 is 15.1 Å². The number of amides is 3. The molecular formula is C30H34N4O2. The van der Waals surface area contributed by atoms with Gasteiger partial charge in [-0.15, -0.1) is 0 Å². The van der Waals surface area contributed by atoms with Gasteiger partial charge in [-0.3, -0.25) is 9.69 Å². The first-order valence-electron chi connectivity index (χ1n) is 12.9. The van der Waals surface area contributed by atoms with E-state index in [2.05, 4.69) is 58.7 Å². The van der Waals surface area contributed by atoms with Gasteiger partial charge in [-0.2, -0.15) is 0 Å². The maximum atomic E-state index is 13.5. The molecule has 0 bridgehead atoms. The Morgan fingerprint density at radius 1 is 0.806 bits per heavy atom. The molecule has 3 amide bonds. The second-order valence-electron chi connectivity index (χ2n) is 9.74. The quantitative estimate of drug-likeness (QED) is 0.561. The number of piperazine rings is 1. The zero-order chi connectivity index (χ0) is 24.9. The molecule has 2 aliphatic heterocycles. The number of anilines is 1. The standard InChI is InChI=1S/C30H34N4O2/c1-23-10-8-15-26(22-23)31-30(36)34-17-9-16-27(34)29(35)33-20-18-32(19-21-33)28(24-11-4-2-5-12-24)25-13-6-3-7-14-25/h2-8,10-15,22,27-28H,9,16-21H2,1H3,(H,31,36). The van der Waals surface area contributed by atoms with E-state index >= 15 is 0 Å². The summed E-state index contributed by atoms with van der Waals surface area (Å²) in [6.07, 6.45) is 1.57. The van der Waals surface area contributed by atoms with Crippen molar-refractivity contribution in [2.24, 2.45) is 0 Å². The van der Waals surface area contributed by atoms with E-state index < -0.39 is 0 Å². The van der Waals surface area contributed by atoms with Crippen LogP contribution in [-0.4, -0.2) is 65.4 Å². The molecule has 1 N–H and O–H groups in total. The Labute approximate surface area is 213 Å². The molecule has 0 aromatic heterocycles. The number of aryl methyl sites for hydroxylation is 1. The fourth-order valence-electron chi connectivity index (χ4n) is 5.48. The van der Waals surface area contributed by atoms with E-state index in [9.17, 15) is 9.59 Å². The third-order valence-corrected chi connectivity index (χ3v) is 7.29. The molecule has 3 aromatic rings. The SMILES string of the molecule is Cc1cccc(NC(=O)N2CCCC2C(=O)N2CCN(C(c3ccccc3)c3ccccc3)CC2)c1. The van der Waals surface area contributed by atoms with Gasteiger partial charge in [-0.05, 0) is 48.6 Å². The summed E-state index contributed by atoms with van der Waals surface area (Å²) in [6, 6.07) is 28.5. The van der Waals surface area contributed by atoms with Crippen LogP contribution in [0.2, 0.25) is 0 Å². The van der Waals surface area contributed by atoms with Gasteiger partial charge in [-0.1, -0.05) is 72.8 Å². The van der Waals surface area contributed by atoms with Crippen LogP contribution in [0.4, 0.5) is 10.5 Å². The van der Waals surface area contributed by atoms with Crippen molar-refractivity contribution in [3.8, 4) is 0 Å². The normalized spacial score (nSPS) is 18.4. The number of nitrogens with zero attached hydrogens (tertiary/aromatic N) is 3. The Hall–Kier alpha value is -3.64. The highest BCUT2D eigenvalue weighted by Gasteiger charge is 2.38. The molecule has 0 radical (unpaired) electrons. The summed E-state index contributed by atoms with van der Waals surface area (Å²) < 4.78 is 0. The summed E-state index contributed by atoms with van der Waals surface area (Å²) in [7, 11) is 0. The van der Waals surface area contributed by atoms with Gasteiger partial charge in [-0.25, -0.2) is 4.79 Å². The molecule has 0 spiro atoms. The highest BCUT2D eigenvalue weighted by molar-refractivity contribution is 5.94. The van der Waals surface area contributed by atoms with E-state index in [-0.39, 0.29) is 24.0 Å². The fraction of sp³-hybridized carbons (Fsp3) is 0.333. The van der Waals surface area contributed by atoms with Crippen molar-refractivity contribution in [2.45, 2.75) is 31.8 Å². The number of nitrogens with one attached hydrogen (secondary N) is 1. The topological polar surface area (TPSA) is 55.9 Å². The van der Waals surface area contributed by atoms with Gasteiger partial charge in [0.15, 0.2) is 0 Å². The minimum atomic E-state index is -0.389. The van der Waals surface area contributed by atoms with E-state index in [0.29, 0.717) is 19.6 Å². The van der Waals surface area contributed by atoms with Crippen LogP contribution < -0.4 is 5.32 Å². The van der Waals surface area contributed by atoms with Crippen molar-refractivity contribution in [3.63, 3.8) is 0 Å². The summed E-state index contributed by atoms with van der Waals surface area (Å²) in [5, 5.41) is 2.98. The summed E-state index contributed by atoms with van der Waals surface area (Å²) in [4.78, 5) is 32.7. The number of likely N-dealkylation sites (tertiary alicyclic amines) is 1. The molecule has 2 fully saturated rings. The zero-order valence-electron chi connectivity index (χ0n) is 20.8. The molecule has 36 heavy (non-hydrogen) atoms. The molecule has 3 aromatic carbocycles. The van der Waals surface area contributed by atoms with Crippen molar-refractivity contribution in [2.75, 3.05) is 38.0 Å². The summed E-state index contributed by atoms with van der Waals surface area (Å²) >= 11 is 0. The summed E-state index contributed by atoms with van der Waals surface area (Å²) in [5.41, 5.74) is 4.38. The van der Waals surface area contributed by atoms with E-state index in [1.807, 2.05) is 48.2 Å². The molecule has 2 heterocycles. The Bertz CT molecular complexity index is 1140. The lowest BCUT2D eigenvalue weighted by atomic mass is 9.96. The minimum Gasteiger partial charge on any atom is -0.338 e. The average Bonchev–Trinajstić information content (AvgIpc) is 3.41. The van der Waals surface area contributed by atoms with Crippen LogP contribution in [0.5, 0.6) is 0 Å². The Kier molecular flexibility index (Phi) is 7.33. The molecule has 6 nitrogen and oxygen atoms in total. The van der Waals surface area contributed by atoms with E-state index in [4.69, 9.17) is 0 Å². The number of urea groups is 1. The maximum Gasteiger partial charge on any atom is 0.322 e. The highest BCUT2D eigenvalue weighted by Crippen LogP contribution is 2.30. The first kappa shape index (κ1) is 24.1. The molecule has 5 rings (SSSR count). The van der Waals surface area contributed by atoms with Gasteiger partial charge in [0, 0.05) is 38.4 Å². The molecule has 2 aliphatic rings. The number of carbonyl (C=O) groups is 2. The van der Waals surface area contributed by atoms with Crippen LogP contribution in [0.3, 0.4) is 0 Å². The van der Waals surface area contributed by atoms with Crippen molar-refractivity contribution in [1.29, 1.82) is 0 Å². The molecule has 186 valence electrons. The second kappa shape index (κ2) is 11.0. The molecule has 2 saturated heterocycles. The highest BCUT2D eigenvalue weighted by atomic mass is 16.2. The van der Waals surface area contributed by atoms with E-state index in [1.54, 1.807) is 4.90 Å². The maximum absolute atomic E-state index is 13.5. The minimum absolute atomic E-state index is 0.0718. The predicted molar refractivity (Wildman–Crippen MR) is 143 cm³/mol. The lowest BCUT2D eigenvalue weighted by Crippen LogP contribution is -2.55. The smallest absolute Gasteiger partial charge is 0.322 e. The lowest BCUT2D eigenvalue weighted by Gasteiger charge is -2.41. The third kappa shape index (κ3) is 5.29. The van der Waals surface area contributed by atoms with Crippen molar-refractivity contribution in [1.82, 2.24) is 14.7 Å². The Morgan fingerprint density at radius 3 is 2.06 bits per heavy atom. The van der Waals surface area contributed by atoms with Gasteiger partial charge >= 0.3 is 6.03 Å². The first-order valence-corrected chi connectivity index (χ1v) is 12.9. The molecule has 0 saturated carbocycles. The van der Waals surface area contributed by atoms with Crippen LogP contribution in [0, 0.1) is 6.92 Å². The number of benzene rings is 3. The molecule has 6 heteroatoms. The molecule has 1 unspecified atom stereocenters. The third-order valence-electron chi connectivity index (χ3n) is 7.29. The van der Waals surface area contributed by atoms with Crippen LogP contribution in [0.25, 0.3) is 0 Å². The number of rotatable bonds is 5. The van der Waals surface area contributed by atoms with Gasteiger partial charge in [0.05, 0.1) is 6.04 Å². The van der Waals surface area contributed by atoms with Crippen LogP contribution in [0.1, 0.15) is 35.6 Å². The van der Waals surface area contributed by atoms with Gasteiger partial charge in [0.1, 0.15) is 6.04 Å². The molecule has 0 aliphatic carbocycles. The predicted octanol–water partition coefficient (Wildman–Crippen LogP) is 4.93. The molecular weight excluding hydrogens is 448 g/mol. The lowest BCUT2D eigenvalue weighted by molar-refractivity contribution is -0.137. The van der Waals surface area contributed by atoms with Crippen LogP contribution in [-0.2, 0) is 4.79 Å². The van der Waals surface area contributed by atoms with Crippen molar-refractivity contribution < 1.29 is 9.59 Å². The Balaban J connectivity index is 1.24. The van der Waals surface area contributed by atoms with Crippen LogP contribution in [0.15, 0.2) is 84.9 Å². The largest absolute Gasteiger partial charge is 0.338 e. The van der Waals surface area contributed by atoms with Crippen molar-refractivity contribution >= 4 is 17.6 Å². The van der Waals surface area contributed by atoms with Gasteiger partial charge in [0.25, 0.3) is 0 Å². The zero-order valence-corrected chi connectivity index (χ0v) is 20.8. The summed E-state index contributed by atoms with van der Waals surface area (Å²) in [6.45, 7) is 5.53. The van der Waals surface area contributed by atoms with Crippen LogP contribution >= 0.6 is 0 Å². The number of carbonyl (C=O) groups excluding carboxylic acids is 2. The first-order chi connectivity index (χ1) is 17.6. The summed E-state index contributed by atoms with van der Waals surface area (Å²) in [5.74, 6) is 0.0718. The van der Waals surface area contributed by atoms with E-state index in [1.165, 1.54) is 11.1 Å². The Morgan fingerprint density at radius 2 is 1.44 bits per heavy atom. The monoisotopic (exact) mass is 482 g/mol. The van der Waals surface area contributed by atoms with E-state index in [0.717, 1.165) is 37.2 Å². The average molecular weight is 483 g/mol. The fourth-order valence-corrected chi connectivity index (χ4v) is 5.48. The second-order valence-corrected chi connectivity index (χ2v) is 9.74. The van der Waals surface area contributed by atoms with Crippen molar-refractivity contribution in [3.05, 3.63) is 102 Å².